The predicted octanol–water partition coefficient (Wildman–Crippen LogP) is 6.33. The minimum Gasteiger partial charge on any atom is -0.462 e. The quantitative estimate of drug-likeness (QED) is 0.0187. The summed E-state index contributed by atoms with van der Waals surface area (Å²) in [6.45, 7) is 4.75. The van der Waals surface area contributed by atoms with E-state index in [9.17, 15) is 44.6 Å². The van der Waals surface area contributed by atoms with E-state index >= 15 is 0 Å². The zero-order chi connectivity index (χ0) is 38.6. The first-order valence-corrected chi connectivity index (χ1v) is 21.4. The molecule has 0 heterocycles. The van der Waals surface area contributed by atoms with Gasteiger partial charge < -0.3 is 39.9 Å². The lowest BCUT2D eigenvalue weighted by Gasteiger charge is -2.41. The summed E-state index contributed by atoms with van der Waals surface area (Å²) in [4.78, 5) is 35.4. The highest BCUT2D eigenvalue weighted by atomic mass is 31.2. The largest absolute Gasteiger partial charge is 0.472 e. The lowest BCUT2D eigenvalue weighted by Crippen LogP contribution is -2.64. The number of allylic oxidation sites excluding steroid dienone is 1. The van der Waals surface area contributed by atoms with Crippen molar-refractivity contribution < 1.29 is 63.1 Å². The number of esters is 2. The van der Waals surface area contributed by atoms with Gasteiger partial charge in [-0.15, -0.1) is 6.58 Å². The van der Waals surface area contributed by atoms with Crippen molar-refractivity contribution in [2.75, 3.05) is 13.2 Å². The van der Waals surface area contributed by atoms with Gasteiger partial charge in [-0.25, -0.2) is 4.57 Å². The molecule has 14 heteroatoms. The number of carbonyl (C=O) groups excluding carboxylic acids is 2. The van der Waals surface area contributed by atoms with Crippen molar-refractivity contribution in [1.82, 2.24) is 0 Å². The lowest BCUT2D eigenvalue weighted by molar-refractivity contribution is -0.220. The molecule has 0 bridgehead atoms. The number of phosphoric acid groups is 1. The number of rotatable bonds is 33. The zero-order valence-electron chi connectivity index (χ0n) is 31.7. The molecule has 0 spiro atoms. The number of carbonyl (C=O) groups is 2. The number of aliphatic hydroxyl groups is 5. The molecular weight excluding hydrogens is 695 g/mol. The Labute approximate surface area is 312 Å². The molecule has 6 unspecified atom stereocenters. The predicted molar refractivity (Wildman–Crippen MR) is 198 cm³/mol. The van der Waals surface area contributed by atoms with Crippen molar-refractivity contribution in [2.45, 2.75) is 204 Å². The van der Waals surface area contributed by atoms with Crippen LogP contribution in [0.2, 0.25) is 0 Å². The smallest absolute Gasteiger partial charge is 0.462 e. The third kappa shape index (κ3) is 22.7. The highest BCUT2D eigenvalue weighted by Crippen LogP contribution is 2.47. The first-order chi connectivity index (χ1) is 24.9. The van der Waals surface area contributed by atoms with Gasteiger partial charge in [0.25, 0.3) is 0 Å². The van der Waals surface area contributed by atoms with Crippen LogP contribution in [0.5, 0.6) is 0 Å². The summed E-state index contributed by atoms with van der Waals surface area (Å²) in [5, 5.41) is 49.9. The molecule has 0 saturated heterocycles. The van der Waals surface area contributed by atoms with Crippen molar-refractivity contribution in [3.63, 3.8) is 0 Å². The summed E-state index contributed by atoms with van der Waals surface area (Å²) in [5.74, 6) is -1.10. The first-order valence-electron chi connectivity index (χ1n) is 20.0. The summed E-state index contributed by atoms with van der Waals surface area (Å²) in [6.07, 6.45) is 13.4. The molecule has 13 nitrogen and oxygen atoms in total. The molecular formula is C38H71O13P. The molecule has 0 radical (unpaired) electrons. The van der Waals surface area contributed by atoms with Gasteiger partial charge in [-0.1, -0.05) is 129 Å². The second kappa shape index (κ2) is 29.9. The van der Waals surface area contributed by atoms with Gasteiger partial charge in [0, 0.05) is 12.8 Å². The molecule has 0 aliphatic heterocycles. The molecule has 0 aromatic heterocycles. The Morgan fingerprint density at radius 1 is 0.615 bits per heavy atom. The fourth-order valence-electron chi connectivity index (χ4n) is 6.21. The van der Waals surface area contributed by atoms with E-state index < -0.39 is 75.7 Å². The normalized spacial score (nSPS) is 23.5. The second-order valence-corrected chi connectivity index (χ2v) is 15.6. The van der Waals surface area contributed by atoms with Crippen molar-refractivity contribution in [3.8, 4) is 0 Å². The van der Waals surface area contributed by atoms with Gasteiger partial charge in [0.05, 0.1) is 6.61 Å². The second-order valence-electron chi connectivity index (χ2n) is 14.2. The van der Waals surface area contributed by atoms with E-state index in [4.69, 9.17) is 18.5 Å². The van der Waals surface area contributed by atoms with Crippen LogP contribution in [-0.4, -0.2) is 98.3 Å². The Morgan fingerprint density at radius 3 is 1.48 bits per heavy atom. The number of unbranched alkanes of at least 4 members (excludes halogenated alkanes) is 20. The zero-order valence-corrected chi connectivity index (χ0v) is 32.6. The standard InChI is InChI=1S/C38H71O13P/c1-3-5-7-9-11-13-14-15-16-17-18-19-21-22-24-26-31(39)48-28-30(50-32(40)27-25-23-20-12-10-8-6-4-2)29-49-52(46,47)51-38-36(44)34(42)33(41)35(43)37(38)45/h3,30,33-38,41-45H,1,4-29H2,2H3,(H,46,47)/t30-,33?,34-,35?,36?,37?,38?/m0/s1. The van der Waals surface area contributed by atoms with Crippen molar-refractivity contribution >= 4 is 19.8 Å². The molecule has 1 fully saturated rings. The number of hydrogen-bond donors (Lipinski definition) is 6. The molecule has 0 aromatic rings. The third-order valence-electron chi connectivity index (χ3n) is 9.50. The van der Waals surface area contributed by atoms with E-state index in [1.807, 2.05) is 6.08 Å². The maximum Gasteiger partial charge on any atom is 0.472 e. The van der Waals surface area contributed by atoms with Gasteiger partial charge in [0.2, 0.25) is 0 Å². The van der Waals surface area contributed by atoms with Crippen LogP contribution in [0.3, 0.4) is 0 Å². The Hall–Kier alpha value is -1.41. The maximum atomic E-state index is 12.7. The van der Waals surface area contributed by atoms with E-state index in [1.165, 1.54) is 77.0 Å². The minimum atomic E-state index is -5.10. The van der Waals surface area contributed by atoms with Gasteiger partial charge in [-0.3, -0.25) is 18.6 Å². The van der Waals surface area contributed by atoms with Crippen molar-refractivity contribution in [3.05, 3.63) is 12.7 Å². The number of ether oxygens (including phenoxy) is 2. The molecule has 1 aliphatic rings. The summed E-state index contributed by atoms with van der Waals surface area (Å²) in [7, 11) is -5.10. The number of aliphatic hydroxyl groups excluding tert-OH is 5. The topological polar surface area (TPSA) is 210 Å². The van der Waals surface area contributed by atoms with Crippen LogP contribution >= 0.6 is 7.82 Å². The molecule has 1 aliphatic carbocycles. The highest BCUT2D eigenvalue weighted by Gasteiger charge is 2.51. The van der Waals surface area contributed by atoms with Gasteiger partial charge in [0.1, 0.15) is 43.2 Å². The Bertz CT molecular complexity index is 967. The van der Waals surface area contributed by atoms with E-state index in [2.05, 4.69) is 13.5 Å². The molecule has 1 saturated carbocycles. The van der Waals surface area contributed by atoms with Crippen LogP contribution in [0.1, 0.15) is 161 Å². The van der Waals surface area contributed by atoms with E-state index in [0.29, 0.717) is 12.8 Å². The minimum absolute atomic E-state index is 0.0989. The van der Waals surface area contributed by atoms with Crippen LogP contribution in [0.15, 0.2) is 12.7 Å². The Balaban J connectivity index is 2.47. The van der Waals surface area contributed by atoms with Crippen LogP contribution < -0.4 is 0 Å². The molecule has 306 valence electrons. The molecule has 1 rings (SSSR count). The lowest BCUT2D eigenvalue weighted by atomic mass is 9.85. The maximum absolute atomic E-state index is 12.7. The van der Waals surface area contributed by atoms with Crippen molar-refractivity contribution in [2.24, 2.45) is 0 Å². The van der Waals surface area contributed by atoms with Gasteiger partial charge >= 0.3 is 19.8 Å². The van der Waals surface area contributed by atoms with Crippen LogP contribution in [0.25, 0.3) is 0 Å². The number of hydrogen-bond acceptors (Lipinski definition) is 12. The molecule has 0 amide bonds. The van der Waals surface area contributed by atoms with Crippen LogP contribution in [0, 0.1) is 0 Å². The summed E-state index contributed by atoms with van der Waals surface area (Å²) < 4.78 is 33.3. The van der Waals surface area contributed by atoms with E-state index in [1.54, 1.807) is 0 Å². The fraction of sp³-hybridized carbons (Fsp3) is 0.895. The highest BCUT2D eigenvalue weighted by molar-refractivity contribution is 7.47. The first kappa shape index (κ1) is 48.6. The third-order valence-corrected chi connectivity index (χ3v) is 10.5. The van der Waals surface area contributed by atoms with E-state index in [0.717, 1.165) is 51.4 Å². The average Bonchev–Trinajstić information content (AvgIpc) is 3.12. The van der Waals surface area contributed by atoms with Crippen molar-refractivity contribution in [1.29, 1.82) is 0 Å². The number of phosphoric ester groups is 1. The molecule has 0 aromatic carbocycles. The molecule has 52 heavy (non-hydrogen) atoms. The Kier molecular flexibility index (Phi) is 27.9. The summed E-state index contributed by atoms with van der Waals surface area (Å²) in [5.41, 5.74) is 0. The monoisotopic (exact) mass is 766 g/mol. The van der Waals surface area contributed by atoms with E-state index in [-0.39, 0.29) is 12.8 Å². The molecule has 6 N–H and O–H groups in total. The summed E-state index contributed by atoms with van der Waals surface area (Å²) >= 11 is 0. The van der Waals surface area contributed by atoms with Gasteiger partial charge in [-0.2, -0.15) is 0 Å². The van der Waals surface area contributed by atoms with Crippen LogP contribution in [-0.2, 0) is 32.7 Å². The van der Waals surface area contributed by atoms with Gasteiger partial charge in [0.15, 0.2) is 6.10 Å². The SMILES string of the molecule is C=CCCCCCCCCCCCCCCCC(=O)OC[C@@H](COP(=O)(O)OC1C(O)C(O)C(O)[C@H](O)C1O)OC(=O)CCCCCCCCCC. The average molecular weight is 767 g/mol. The summed E-state index contributed by atoms with van der Waals surface area (Å²) in [6, 6.07) is 0. The van der Waals surface area contributed by atoms with Gasteiger partial charge in [-0.05, 0) is 25.7 Å². The van der Waals surface area contributed by atoms with Crippen LogP contribution in [0.4, 0.5) is 0 Å². The fourth-order valence-corrected chi connectivity index (χ4v) is 7.18. The molecule has 8 atom stereocenters. The Morgan fingerprint density at radius 2 is 1.02 bits per heavy atom.